The molecule has 0 aliphatic rings. The molecule has 2 aromatic carbocycles. The smallest absolute Gasteiger partial charge is 0.408 e. The third-order valence-electron chi connectivity index (χ3n) is 6.56. The predicted octanol–water partition coefficient (Wildman–Crippen LogP) is 5.29. The van der Waals surface area contributed by atoms with Crippen LogP contribution in [0.1, 0.15) is 64.5 Å². The molecule has 3 rings (SSSR count). The molecule has 0 unspecified atom stereocenters. The van der Waals surface area contributed by atoms with Gasteiger partial charge in [-0.15, -0.1) is 10.2 Å². The van der Waals surface area contributed by atoms with E-state index in [-0.39, 0.29) is 24.7 Å². The van der Waals surface area contributed by atoms with Gasteiger partial charge in [0.1, 0.15) is 6.04 Å². The molecule has 3 atom stereocenters. The number of Topliss-reactive ketones (excluding diaryl/α,β-unsaturated/α-hetero) is 1. The number of unbranched alkanes of at least 4 members (excludes halogenated alkanes) is 1. The summed E-state index contributed by atoms with van der Waals surface area (Å²) in [6.45, 7) is 7.48. The molecule has 9 heteroatoms. The van der Waals surface area contributed by atoms with Gasteiger partial charge < -0.3 is 14.8 Å². The van der Waals surface area contributed by atoms with Gasteiger partial charge in [0.15, 0.2) is 0 Å². The fourth-order valence-electron chi connectivity index (χ4n) is 4.41. The molecule has 0 saturated carbocycles. The van der Waals surface area contributed by atoms with Crippen molar-refractivity contribution in [2.24, 2.45) is 5.92 Å². The Labute approximate surface area is 223 Å². The molecule has 0 aliphatic carbocycles. The lowest BCUT2D eigenvalue weighted by Gasteiger charge is -2.37. The lowest BCUT2D eigenvalue weighted by Crippen LogP contribution is -2.56. The molecule has 0 spiro atoms. The van der Waals surface area contributed by atoms with E-state index in [4.69, 9.17) is 4.42 Å². The maximum atomic E-state index is 13.5. The highest BCUT2D eigenvalue weighted by Crippen LogP contribution is 2.25. The van der Waals surface area contributed by atoms with Crippen molar-refractivity contribution >= 4 is 17.8 Å². The van der Waals surface area contributed by atoms with Gasteiger partial charge in [-0.2, -0.15) is 0 Å². The minimum Gasteiger partial charge on any atom is -0.465 e. The van der Waals surface area contributed by atoms with Crippen LogP contribution < -0.4 is 5.32 Å². The normalized spacial score (nSPS) is 13.5. The highest BCUT2D eigenvalue weighted by atomic mass is 16.4. The third-order valence-corrected chi connectivity index (χ3v) is 6.56. The summed E-state index contributed by atoms with van der Waals surface area (Å²) in [5.74, 6) is -1.18. The van der Waals surface area contributed by atoms with E-state index < -0.39 is 35.9 Å². The zero-order valence-corrected chi connectivity index (χ0v) is 22.3. The fourth-order valence-corrected chi connectivity index (χ4v) is 4.41. The van der Waals surface area contributed by atoms with Crippen molar-refractivity contribution in [3.05, 3.63) is 72.1 Å². The topological polar surface area (TPSA) is 126 Å². The number of rotatable bonds is 13. The maximum Gasteiger partial charge on any atom is 0.408 e. The number of nitrogens with zero attached hydrogens (tertiary/aromatic N) is 3. The number of aromatic nitrogens is 2. The van der Waals surface area contributed by atoms with Crippen LogP contribution in [0, 0.1) is 5.92 Å². The monoisotopic (exact) mass is 520 g/mol. The van der Waals surface area contributed by atoms with Gasteiger partial charge in [-0.25, -0.2) is 4.79 Å². The lowest BCUT2D eigenvalue weighted by molar-refractivity contribution is -0.141. The van der Waals surface area contributed by atoms with E-state index in [9.17, 15) is 19.5 Å². The van der Waals surface area contributed by atoms with Gasteiger partial charge >= 0.3 is 6.09 Å². The first-order valence-corrected chi connectivity index (χ1v) is 13.0. The molecule has 1 aromatic heterocycles. The van der Waals surface area contributed by atoms with Crippen molar-refractivity contribution in [3.8, 4) is 11.5 Å². The summed E-state index contributed by atoms with van der Waals surface area (Å²) in [7, 11) is 0. The molecule has 38 heavy (non-hydrogen) atoms. The van der Waals surface area contributed by atoms with E-state index in [0.29, 0.717) is 12.3 Å². The van der Waals surface area contributed by atoms with Gasteiger partial charge in [0.2, 0.25) is 17.6 Å². The highest BCUT2D eigenvalue weighted by molar-refractivity contribution is 6.38. The second-order valence-corrected chi connectivity index (χ2v) is 9.70. The van der Waals surface area contributed by atoms with E-state index in [1.165, 1.54) is 0 Å². The SMILES string of the molecule is CCCC[C@@H](C(=O)C(=O)N[C@H](C)c1ccccc1)N(C(=O)O)[C@@H](Cc1nnc(-c2ccccc2)o1)C(C)C. The molecular weight excluding hydrogens is 484 g/mol. The molecule has 1 heterocycles. The van der Waals surface area contributed by atoms with E-state index in [1.807, 2.05) is 81.4 Å². The Hall–Kier alpha value is -4.01. The summed E-state index contributed by atoms with van der Waals surface area (Å²) >= 11 is 0. The molecule has 0 aliphatic heterocycles. The van der Waals surface area contributed by atoms with Gasteiger partial charge in [0.05, 0.1) is 6.04 Å². The number of hydrogen-bond acceptors (Lipinski definition) is 6. The number of ketones is 1. The Kier molecular flexibility index (Phi) is 10.2. The van der Waals surface area contributed by atoms with Gasteiger partial charge in [0.25, 0.3) is 5.91 Å². The summed E-state index contributed by atoms with van der Waals surface area (Å²) in [5.41, 5.74) is 1.60. The minimum atomic E-state index is -1.27. The molecule has 2 N–H and O–H groups in total. The molecular formula is C29H36N4O5. The van der Waals surface area contributed by atoms with Crippen LogP contribution in [0.5, 0.6) is 0 Å². The van der Waals surface area contributed by atoms with Crippen molar-refractivity contribution in [1.82, 2.24) is 20.4 Å². The molecule has 9 nitrogen and oxygen atoms in total. The predicted molar refractivity (Wildman–Crippen MR) is 143 cm³/mol. The number of carbonyl (C=O) groups is 3. The first kappa shape index (κ1) is 28.6. The van der Waals surface area contributed by atoms with Crippen LogP contribution in [0.4, 0.5) is 4.79 Å². The minimum absolute atomic E-state index is 0.113. The second-order valence-electron chi connectivity index (χ2n) is 9.70. The number of carbonyl (C=O) groups excluding carboxylic acids is 2. The zero-order valence-electron chi connectivity index (χ0n) is 22.3. The van der Waals surface area contributed by atoms with Crippen molar-refractivity contribution < 1.29 is 23.9 Å². The number of benzene rings is 2. The van der Waals surface area contributed by atoms with Crippen molar-refractivity contribution in [2.75, 3.05) is 0 Å². The molecule has 0 saturated heterocycles. The van der Waals surface area contributed by atoms with Crippen LogP contribution in [-0.2, 0) is 16.0 Å². The van der Waals surface area contributed by atoms with Crippen molar-refractivity contribution in [1.29, 1.82) is 0 Å². The number of amides is 2. The Bertz CT molecular complexity index is 1200. The van der Waals surface area contributed by atoms with Gasteiger partial charge in [0, 0.05) is 18.0 Å². The van der Waals surface area contributed by atoms with Crippen molar-refractivity contribution in [2.45, 2.75) is 71.5 Å². The van der Waals surface area contributed by atoms with Crippen LogP contribution in [0.2, 0.25) is 0 Å². The van der Waals surface area contributed by atoms with Crippen LogP contribution in [0.25, 0.3) is 11.5 Å². The van der Waals surface area contributed by atoms with Crippen LogP contribution >= 0.6 is 0 Å². The van der Waals surface area contributed by atoms with E-state index in [0.717, 1.165) is 22.4 Å². The first-order valence-electron chi connectivity index (χ1n) is 13.0. The second kappa shape index (κ2) is 13.5. The molecule has 202 valence electrons. The van der Waals surface area contributed by atoms with Gasteiger partial charge in [-0.3, -0.25) is 14.5 Å². The van der Waals surface area contributed by atoms with Gasteiger partial charge in [-0.1, -0.05) is 82.1 Å². The van der Waals surface area contributed by atoms with Gasteiger partial charge in [-0.05, 0) is 37.0 Å². The fraction of sp³-hybridized carbons (Fsp3) is 0.414. The van der Waals surface area contributed by atoms with E-state index >= 15 is 0 Å². The molecule has 0 bridgehead atoms. The molecule has 0 radical (unpaired) electrons. The molecule has 2 amide bonds. The van der Waals surface area contributed by atoms with Crippen LogP contribution in [-0.4, -0.2) is 50.1 Å². The number of nitrogens with one attached hydrogen (secondary N) is 1. The zero-order chi connectivity index (χ0) is 27.7. The lowest BCUT2D eigenvalue weighted by atomic mass is 9.94. The Balaban J connectivity index is 1.85. The van der Waals surface area contributed by atoms with E-state index in [2.05, 4.69) is 15.5 Å². The third kappa shape index (κ3) is 7.27. The Morgan fingerprint density at radius 2 is 1.61 bits per heavy atom. The highest BCUT2D eigenvalue weighted by Gasteiger charge is 2.39. The van der Waals surface area contributed by atoms with E-state index in [1.54, 1.807) is 6.92 Å². The standard InChI is InChI=1S/C29H36N4O5/c1-5-6-17-23(26(34)27(35)30-20(4)21-13-9-7-10-14-21)33(29(36)37)24(19(2)3)18-25-31-32-28(38-25)22-15-11-8-12-16-22/h7-16,19-20,23-24H,5-6,17-18H2,1-4H3,(H,30,35)(H,36,37)/t20-,23+,24+/m1/s1. The summed E-state index contributed by atoms with van der Waals surface area (Å²) in [6, 6.07) is 16.4. The summed E-state index contributed by atoms with van der Waals surface area (Å²) in [5, 5.41) is 21.3. The Morgan fingerprint density at radius 3 is 2.18 bits per heavy atom. The quantitative estimate of drug-likeness (QED) is 0.293. The average Bonchev–Trinajstić information content (AvgIpc) is 3.39. The molecule has 3 aromatic rings. The number of hydrogen-bond donors (Lipinski definition) is 2. The maximum absolute atomic E-state index is 13.5. The summed E-state index contributed by atoms with van der Waals surface area (Å²) in [6.07, 6.45) is 0.407. The average molecular weight is 521 g/mol. The summed E-state index contributed by atoms with van der Waals surface area (Å²) in [4.78, 5) is 40.2. The Morgan fingerprint density at radius 1 is 0.974 bits per heavy atom. The first-order chi connectivity index (χ1) is 18.2. The molecule has 0 fully saturated rings. The summed E-state index contributed by atoms with van der Waals surface area (Å²) < 4.78 is 5.84. The van der Waals surface area contributed by atoms with Crippen LogP contribution in [0.3, 0.4) is 0 Å². The van der Waals surface area contributed by atoms with Crippen molar-refractivity contribution in [3.63, 3.8) is 0 Å². The largest absolute Gasteiger partial charge is 0.465 e. The van der Waals surface area contributed by atoms with Crippen LogP contribution in [0.15, 0.2) is 65.1 Å². The number of carboxylic acid groups (broad SMARTS) is 1.